The number of carbonyl (C=O) groups excluding carboxylic acids is 1. The Bertz CT molecular complexity index is 769. The lowest BCUT2D eigenvalue weighted by Crippen LogP contribution is -2.31. The zero-order chi connectivity index (χ0) is 16.4. The van der Waals surface area contributed by atoms with Crippen molar-refractivity contribution in [1.82, 2.24) is 20.1 Å². The first-order valence-electron chi connectivity index (χ1n) is 7.45. The molecule has 8 heteroatoms. The first kappa shape index (κ1) is 15.6. The predicted octanol–water partition coefficient (Wildman–Crippen LogP) is 1.02. The number of hydrogen-bond donors (Lipinski definition) is 2. The van der Waals surface area contributed by atoms with Crippen LogP contribution in [0.4, 0.5) is 5.69 Å². The summed E-state index contributed by atoms with van der Waals surface area (Å²) in [6, 6.07) is 7.77. The number of halogens is 1. The van der Waals surface area contributed by atoms with Gasteiger partial charge in [-0.25, -0.2) is 9.48 Å². The van der Waals surface area contributed by atoms with Crippen molar-refractivity contribution in [3.8, 4) is 0 Å². The molecule has 23 heavy (non-hydrogen) atoms. The van der Waals surface area contributed by atoms with Gasteiger partial charge in [0, 0.05) is 37.4 Å². The van der Waals surface area contributed by atoms with E-state index in [1.807, 2.05) is 24.3 Å². The molecule has 122 valence electrons. The second-order valence-electron chi connectivity index (χ2n) is 5.69. The van der Waals surface area contributed by atoms with Gasteiger partial charge in [-0.3, -0.25) is 9.78 Å². The number of aryl methyl sites for hydroxylation is 1. The molecule has 1 amide bonds. The van der Waals surface area contributed by atoms with E-state index in [9.17, 15) is 9.59 Å². The van der Waals surface area contributed by atoms with Crippen molar-refractivity contribution in [3.05, 3.63) is 45.6 Å². The van der Waals surface area contributed by atoms with Crippen molar-refractivity contribution in [2.75, 3.05) is 24.5 Å². The summed E-state index contributed by atoms with van der Waals surface area (Å²) in [5, 5.41) is 7.39. The third-order valence-electron chi connectivity index (χ3n) is 3.99. The van der Waals surface area contributed by atoms with Gasteiger partial charge in [-0.15, -0.1) is 5.10 Å². The number of carbonyl (C=O) groups is 1. The largest absolute Gasteiger partial charge is 0.371 e. The number of amides is 1. The van der Waals surface area contributed by atoms with Crippen molar-refractivity contribution in [2.24, 2.45) is 13.0 Å². The van der Waals surface area contributed by atoms with Gasteiger partial charge in [0.05, 0.1) is 0 Å². The van der Waals surface area contributed by atoms with Crippen LogP contribution in [0.1, 0.15) is 17.0 Å². The molecular formula is C15H18ClN5O2. The van der Waals surface area contributed by atoms with Crippen molar-refractivity contribution < 1.29 is 4.79 Å². The average Bonchev–Trinajstić information content (AvgIpc) is 3.12. The summed E-state index contributed by atoms with van der Waals surface area (Å²) < 4.78 is 1.10. The molecule has 0 spiro atoms. The van der Waals surface area contributed by atoms with E-state index in [0.717, 1.165) is 34.9 Å². The van der Waals surface area contributed by atoms with E-state index in [2.05, 4.69) is 20.3 Å². The van der Waals surface area contributed by atoms with Crippen LogP contribution in [-0.4, -0.2) is 40.3 Å². The summed E-state index contributed by atoms with van der Waals surface area (Å²) in [6.45, 7) is 2.34. The van der Waals surface area contributed by atoms with Crippen molar-refractivity contribution >= 4 is 23.2 Å². The SMILES string of the molecule is Cn1nc(C(=O)NCC2CCN(c3cccc(Cl)c3)C2)[nH]c1=O. The lowest BCUT2D eigenvalue weighted by Gasteiger charge is -2.19. The third-order valence-corrected chi connectivity index (χ3v) is 4.23. The summed E-state index contributed by atoms with van der Waals surface area (Å²) in [6.07, 6.45) is 0.992. The molecule has 2 heterocycles. The minimum Gasteiger partial charge on any atom is -0.371 e. The van der Waals surface area contributed by atoms with Crippen LogP contribution in [0.2, 0.25) is 5.02 Å². The van der Waals surface area contributed by atoms with E-state index in [1.165, 1.54) is 7.05 Å². The fourth-order valence-electron chi connectivity index (χ4n) is 2.73. The summed E-state index contributed by atoms with van der Waals surface area (Å²) in [5.41, 5.74) is 0.698. The maximum Gasteiger partial charge on any atom is 0.343 e. The van der Waals surface area contributed by atoms with Gasteiger partial charge < -0.3 is 10.2 Å². The van der Waals surface area contributed by atoms with Gasteiger partial charge in [-0.1, -0.05) is 17.7 Å². The Morgan fingerprint density at radius 2 is 2.35 bits per heavy atom. The molecule has 0 aliphatic carbocycles. The summed E-state index contributed by atoms with van der Waals surface area (Å²) >= 11 is 6.02. The fraction of sp³-hybridized carbons (Fsp3) is 0.400. The second kappa shape index (κ2) is 6.45. The van der Waals surface area contributed by atoms with Gasteiger partial charge in [0.1, 0.15) is 0 Å². The molecule has 1 aromatic carbocycles. The van der Waals surface area contributed by atoms with Crippen LogP contribution in [-0.2, 0) is 7.05 Å². The van der Waals surface area contributed by atoms with Gasteiger partial charge in [-0.05, 0) is 30.5 Å². The minimum absolute atomic E-state index is 0.0437. The molecule has 1 fully saturated rings. The van der Waals surface area contributed by atoms with Crippen LogP contribution < -0.4 is 15.9 Å². The minimum atomic E-state index is -0.400. The van der Waals surface area contributed by atoms with E-state index in [0.29, 0.717) is 12.5 Å². The van der Waals surface area contributed by atoms with Gasteiger partial charge >= 0.3 is 5.69 Å². The monoisotopic (exact) mass is 335 g/mol. The normalized spacial score (nSPS) is 17.5. The topological polar surface area (TPSA) is 83.0 Å². The molecule has 3 rings (SSSR count). The molecule has 1 aliphatic rings. The maximum absolute atomic E-state index is 12.0. The number of nitrogens with zero attached hydrogens (tertiary/aromatic N) is 3. The molecule has 2 N–H and O–H groups in total. The number of aromatic amines is 1. The smallest absolute Gasteiger partial charge is 0.343 e. The second-order valence-corrected chi connectivity index (χ2v) is 6.13. The molecular weight excluding hydrogens is 318 g/mol. The summed E-state index contributed by atoms with van der Waals surface area (Å²) in [4.78, 5) is 27.9. The van der Waals surface area contributed by atoms with Gasteiger partial charge in [0.2, 0.25) is 5.82 Å². The lowest BCUT2D eigenvalue weighted by molar-refractivity contribution is 0.0937. The highest BCUT2D eigenvalue weighted by Gasteiger charge is 2.24. The molecule has 0 radical (unpaired) electrons. The molecule has 1 aromatic heterocycles. The number of anilines is 1. The van der Waals surface area contributed by atoms with Crippen LogP contribution in [0.15, 0.2) is 29.1 Å². The Hall–Kier alpha value is -2.28. The van der Waals surface area contributed by atoms with E-state index >= 15 is 0 Å². The van der Waals surface area contributed by atoms with Crippen LogP contribution in [0, 0.1) is 5.92 Å². The molecule has 0 saturated carbocycles. The average molecular weight is 336 g/mol. The Kier molecular flexibility index (Phi) is 4.38. The number of aromatic nitrogens is 3. The van der Waals surface area contributed by atoms with Crippen LogP contribution in [0.25, 0.3) is 0 Å². The first-order valence-corrected chi connectivity index (χ1v) is 7.83. The van der Waals surface area contributed by atoms with Crippen LogP contribution in [0.5, 0.6) is 0 Å². The van der Waals surface area contributed by atoms with Gasteiger partial charge in [-0.2, -0.15) is 0 Å². The van der Waals surface area contributed by atoms with Gasteiger partial charge in [0.25, 0.3) is 5.91 Å². The predicted molar refractivity (Wildman–Crippen MR) is 87.9 cm³/mol. The fourth-order valence-corrected chi connectivity index (χ4v) is 2.92. The number of hydrogen-bond acceptors (Lipinski definition) is 4. The number of nitrogens with one attached hydrogen (secondary N) is 2. The van der Waals surface area contributed by atoms with Crippen molar-refractivity contribution in [2.45, 2.75) is 6.42 Å². The first-order chi connectivity index (χ1) is 11.0. The Labute approximate surface area is 138 Å². The summed E-state index contributed by atoms with van der Waals surface area (Å²) in [5.74, 6) is 0.0412. The molecule has 1 aliphatic heterocycles. The molecule has 1 saturated heterocycles. The van der Waals surface area contributed by atoms with E-state index in [4.69, 9.17) is 11.6 Å². The zero-order valence-corrected chi connectivity index (χ0v) is 13.5. The standard InChI is InChI=1S/C15H18ClN5O2/c1-20-15(23)18-13(19-20)14(22)17-8-10-5-6-21(9-10)12-4-2-3-11(16)7-12/h2-4,7,10H,5-6,8-9H2,1H3,(H,17,22)(H,18,19,23). The molecule has 0 bridgehead atoms. The Morgan fingerprint density at radius 3 is 3.04 bits per heavy atom. The molecule has 7 nitrogen and oxygen atoms in total. The highest BCUT2D eigenvalue weighted by atomic mass is 35.5. The molecule has 1 atom stereocenters. The number of benzene rings is 1. The highest BCUT2D eigenvalue weighted by molar-refractivity contribution is 6.30. The highest BCUT2D eigenvalue weighted by Crippen LogP contribution is 2.25. The van der Waals surface area contributed by atoms with Crippen molar-refractivity contribution in [3.63, 3.8) is 0 Å². The van der Waals surface area contributed by atoms with E-state index in [1.54, 1.807) is 0 Å². The van der Waals surface area contributed by atoms with E-state index < -0.39 is 5.69 Å². The summed E-state index contributed by atoms with van der Waals surface area (Å²) in [7, 11) is 1.50. The lowest BCUT2D eigenvalue weighted by atomic mass is 10.1. The van der Waals surface area contributed by atoms with Gasteiger partial charge in [0.15, 0.2) is 0 Å². The Morgan fingerprint density at radius 1 is 1.52 bits per heavy atom. The van der Waals surface area contributed by atoms with Crippen molar-refractivity contribution in [1.29, 1.82) is 0 Å². The molecule has 1 unspecified atom stereocenters. The third kappa shape index (κ3) is 3.56. The quantitative estimate of drug-likeness (QED) is 0.874. The molecule has 2 aromatic rings. The van der Waals surface area contributed by atoms with Crippen LogP contribution >= 0.6 is 11.6 Å². The van der Waals surface area contributed by atoms with E-state index in [-0.39, 0.29) is 11.7 Å². The van der Waals surface area contributed by atoms with Crippen LogP contribution in [0.3, 0.4) is 0 Å². The zero-order valence-electron chi connectivity index (χ0n) is 12.8. The Balaban J connectivity index is 1.54. The maximum atomic E-state index is 12.0. The number of H-pyrrole nitrogens is 1. The number of rotatable bonds is 4.